The largest absolute Gasteiger partial charge is 0.462 e. The topological polar surface area (TPSA) is 48.4 Å². The number of aromatic nitrogens is 1. The van der Waals surface area contributed by atoms with Crippen LogP contribution in [0.15, 0.2) is 6.08 Å². The zero-order valence-electron chi connectivity index (χ0n) is 10.3. The molecule has 1 aromatic rings. The summed E-state index contributed by atoms with van der Waals surface area (Å²) in [4.78, 5) is 12.6. The van der Waals surface area contributed by atoms with Crippen LogP contribution in [-0.2, 0) is 9.47 Å². The van der Waals surface area contributed by atoms with Crippen molar-refractivity contribution in [3.63, 3.8) is 0 Å². The standard InChI is InChI=1S/C13H15NO3S/c1-2-17-13(15)12-10(8-3-4-8)11(14-18-12)9-5-6-16-7-9/h5,8H,2-4,6-7H2,1H3. The molecule has 96 valence electrons. The fraction of sp³-hybridized carbons (Fsp3) is 0.538. The van der Waals surface area contributed by atoms with Crippen molar-refractivity contribution in [2.75, 3.05) is 19.8 Å². The molecule has 0 N–H and O–H groups in total. The number of rotatable bonds is 4. The lowest BCUT2D eigenvalue weighted by atomic mass is 10.0. The van der Waals surface area contributed by atoms with Crippen molar-refractivity contribution in [1.29, 1.82) is 0 Å². The van der Waals surface area contributed by atoms with Gasteiger partial charge in [-0.2, -0.15) is 4.37 Å². The van der Waals surface area contributed by atoms with Crippen LogP contribution >= 0.6 is 11.5 Å². The zero-order valence-corrected chi connectivity index (χ0v) is 11.1. The molecule has 1 saturated carbocycles. The molecular weight excluding hydrogens is 250 g/mol. The molecule has 0 bridgehead atoms. The SMILES string of the molecule is CCOC(=O)c1snc(C2=CCOC2)c1C1CC1. The summed E-state index contributed by atoms with van der Waals surface area (Å²) in [5.41, 5.74) is 3.17. The monoisotopic (exact) mass is 265 g/mol. The zero-order chi connectivity index (χ0) is 12.5. The minimum absolute atomic E-state index is 0.234. The van der Waals surface area contributed by atoms with Gasteiger partial charge < -0.3 is 9.47 Å². The summed E-state index contributed by atoms with van der Waals surface area (Å²) in [6.45, 7) is 3.48. The third kappa shape index (κ3) is 2.08. The van der Waals surface area contributed by atoms with Crippen molar-refractivity contribution >= 4 is 23.1 Å². The Morgan fingerprint density at radius 1 is 1.61 bits per heavy atom. The van der Waals surface area contributed by atoms with E-state index >= 15 is 0 Å². The van der Waals surface area contributed by atoms with E-state index in [0.717, 1.165) is 29.7 Å². The van der Waals surface area contributed by atoms with Gasteiger partial charge in [-0.05, 0) is 37.2 Å². The Labute approximate surface area is 110 Å². The van der Waals surface area contributed by atoms with E-state index in [1.165, 1.54) is 11.5 Å². The molecule has 0 saturated heterocycles. The number of hydrogen-bond acceptors (Lipinski definition) is 5. The van der Waals surface area contributed by atoms with Gasteiger partial charge >= 0.3 is 5.97 Å². The average Bonchev–Trinajstić information content (AvgIpc) is 2.92. The summed E-state index contributed by atoms with van der Waals surface area (Å²) < 4.78 is 14.9. The van der Waals surface area contributed by atoms with E-state index in [0.29, 0.717) is 30.6 Å². The molecule has 18 heavy (non-hydrogen) atoms. The summed E-state index contributed by atoms with van der Waals surface area (Å²) in [5.74, 6) is 0.252. The first-order valence-corrected chi connectivity index (χ1v) is 7.02. The van der Waals surface area contributed by atoms with Crippen molar-refractivity contribution < 1.29 is 14.3 Å². The number of ether oxygens (including phenoxy) is 2. The highest BCUT2D eigenvalue weighted by atomic mass is 32.1. The third-order valence-corrected chi connectivity index (χ3v) is 4.03. The quantitative estimate of drug-likeness (QED) is 0.785. The van der Waals surface area contributed by atoms with Crippen molar-refractivity contribution in [3.8, 4) is 0 Å². The second kappa shape index (κ2) is 4.82. The lowest BCUT2D eigenvalue weighted by molar-refractivity contribution is 0.0531. The third-order valence-electron chi connectivity index (χ3n) is 3.18. The number of carbonyl (C=O) groups excluding carboxylic acids is 1. The van der Waals surface area contributed by atoms with Crippen molar-refractivity contribution in [2.45, 2.75) is 25.7 Å². The molecule has 0 radical (unpaired) electrons. The molecule has 5 heteroatoms. The molecule has 0 aromatic carbocycles. The lowest BCUT2D eigenvalue weighted by Crippen LogP contribution is -2.05. The maximum absolute atomic E-state index is 11.9. The molecule has 0 atom stereocenters. The summed E-state index contributed by atoms with van der Waals surface area (Å²) >= 11 is 1.26. The Hall–Kier alpha value is -1.20. The molecule has 0 amide bonds. The summed E-state index contributed by atoms with van der Waals surface area (Å²) in [5, 5.41) is 0. The van der Waals surface area contributed by atoms with Crippen LogP contribution in [-0.4, -0.2) is 30.2 Å². The molecule has 1 aliphatic heterocycles. The molecule has 3 rings (SSSR count). The fourth-order valence-corrected chi connectivity index (χ4v) is 3.07. The smallest absolute Gasteiger partial charge is 0.350 e. The molecular formula is C13H15NO3S. The summed E-state index contributed by atoms with van der Waals surface area (Å²) in [7, 11) is 0. The van der Waals surface area contributed by atoms with Crippen LogP contribution in [0.2, 0.25) is 0 Å². The Morgan fingerprint density at radius 3 is 3.06 bits per heavy atom. The van der Waals surface area contributed by atoms with Gasteiger partial charge in [0, 0.05) is 11.1 Å². The Balaban J connectivity index is 1.97. The minimum Gasteiger partial charge on any atom is -0.462 e. The van der Waals surface area contributed by atoms with Gasteiger partial charge in [-0.15, -0.1) is 0 Å². The van der Waals surface area contributed by atoms with Crippen LogP contribution in [0.25, 0.3) is 5.57 Å². The van der Waals surface area contributed by atoms with Crippen LogP contribution < -0.4 is 0 Å². The number of carbonyl (C=O) groups is 1. The van der Waals surface area contributed by atoms with Crippen molar-refractivity contribution in [1.82, 2.24) is 4.37 Å². The molecule has 1 aromatic heterocycles. The molecule has 2 aliphatic rings. The van der Waals surface area contributed by atoms with E-state index in [2.05, 4.69) is 10.4 Å². The normalized spacial score (nSPS) is 18.8. The van der Waals surface area contributed by atoms with Gasteiger partial charge in [0.05, 0.1) is 25.5 Å². The maximum Gasteiger partial charge on any atom is 0.350 e. The van der Waals surface area contributed by atoms with Crippen LogP contribution in [0.1, 0.15) is 46.6 Å². The highest BCUT2D eigenvalue weighted by molar-refractivity contribution is 7.08. The summed E-state index contributed by atoms with van der Waals surface area (Å²) in [6.07, 6.45) is 4.34. The average molecular weight is 265 g/mol. The summed E-state index contributed by atoms with van der Waals surface area (Å²) in [6, 6.07) is 0. The van der Waals surface area contributed by atoms with Crippen LogP contribution in [0.3, 0.4) is 0 Å². The predicted octanol–water partition coefficient (Wildman–Crippen LogP) is 2.61. The van der Waals surface area contributed by atoms with Gasteiger partial charge in [0.1, 0.15) is 4.88 Å². The van der Waals surface area contributed by atoms with Crippen molar-refractivity contribution in [2.24, 2.45) is 0 Å². The van der Waals surface area contributed by atoms with Gasteiger partial charge in [-0.1, -0.05) is 6.08 Å². The Kier molecular flexibility index (Phi) is 3.18. The van der Waals surface area contributed by atoms with Crippen LogP contribution in [0, 0.1) is 0 Å². The molecule has 1 fully saturated rings. The van der Waals surface area contributed by atoms with Gasteiger partial charge in [0.2, 0.25) is 0 Å². The van der Waals surface area contributed by atoms with E-state index < -0.39 is 0 Å². The van der Waals surface area contributed by atoms with Crippen molar-refractivity contribution in [3.05, 3.63) is 22.2 Å². The second-order valence-corrected chi connectivity index (χ2v) is 5.29. The van der Waals surface area contributed by atoms with Crippen LogP contribution in [0.5, 0.6) is 0 Å². The molecule has 0 spiro atoms. The van der Waals surface area contributed by atoms with E-state index in [-0.39, 0.29) is 5.97 Å². The van der Waals surface area contributed by atoms with E-state index in [1.807, 2.05) is 6.92 Å². The van der Waals surface area contributed by atoms with E-state index in [4.69, 9.17) is 9.47 Å². The van der Waals surface area contributed by atoms with Gasteiger partial charge in [-0.3, -0.25) is 0 Å². The Morgan fingerprint density at radius 2 is 2.44 bits per heavy atom. The molecule has 4 nitrogen and oxygen atoms in total. The molecule has 2 heterocycles. The number of nitrogens with zero attached hydrogens (tertiary/aromatic N) is 1. The maximum atomic E-state index is 11.9. The van der Waals surface area contributed by atoms with Crippen LogP contribution in [0.4, 0.5) is 0 Å². The fourth-order valence-electron chi connectivity index (χ4n) is 2.18. The predicted molar refractivity (Wildman–Crippen MR) is 68.8 cm³/mol. The van der Waals surface area contributed by atoms with Gasteiger partial charge in [0.25, 0.3) is 0 Å². The minimum atomic E-state index is -0.234. The highest BCUT2D eigenvalue weighted by Gasteiger charge is 2.35. The number of hydrogen-bond donors (Lipinski definition) is 0. The number of esters is 1. The van der Waals surface area contributed by atoms with Gasteiger partial charge in [-0.25, -0.2) is 4.79 Å². The van der Waals surface area contributed by atoms with Gasteiger partial charge in [0.15, 0.2) is 0 Å². The highest BCUT2D eigenvalue weighted by Crippen LogP contribution is 2.46. The second-order valence-electron chi connectivity index (χ2n) is 4.51. The lowest BCUT2D eigenvalue weighted by Gasteiger charge is -2.04. The first-order valence-electron chi connectivity index (χ1n) is 6.25. The van der Waals surface area contributed by atoms with E-state index in [1.54, 1.807) is 0 Å². The Bertz CT molecular complexity index is 502. The van der Waals surface area contributed by atoms with E-state index in [9.17, 15) is 4.79 Å². The first kappa shape index (κ1) is 11.9. The molecule has 1 aliphatic carbocycles. The first-order chi connectivity index (χ1) is 8.81. The molecule has 0 unspecified atom stereocenters.